The van der Waals surface area contributed by atoms with Gasteiger partial charge in [-0.25, -0.2) is 15.0 Å². The average Bonchev–Trinajstić information content (AvgIpc) is 2.16. The summed E-state index contributed by atoms with van der Waals surface area (Å²) in [6, 6.07) is 0. The number of nitrogens with zero attached hydrogens (tertiary/aromatic N) is 1. The fraction of sp³-hybridized carbons (Fsp3) is 0.700. The Morgan fingerprint density at radius 2 is 1.94 bits per heavy atom. The van der Waals surface area contributed by atoms with E-state index >= 15 is 0 Å². The number of hydrazone groups is 1. The first kappa shape index (κ1) is 15.9. The van der Waals surface area contributed by atoms with Crippen molar-refractivity contribution in [2.45, 2.75) is 33.3 Å². The number of rotatable bonds is 4. The quantitative estimate of drug-likeness (QED) is 0.372. The van der Waals surface area contributed by atoms with Gasteiger partial charge in [-0.3, -0.25) is 0 Å². The summed E-state index contributed by atoms with van der Waals surface area (Å²) in [6.07, 6.45) is -0.722. The molecule has 0 aromatic heterocycles. The molecule has 1 amide bonds. The average molecular weight is 309 g/mol. The van der Waals surface area contributed by atoms with Gasteiger partial charge in [0.2, 0.25) is 0 Å². The van der Waals surface area contributed by atoms with Crippen LogP contribution in [0.4, 0.5) is 4.79 Å². The van der Waals surface area contributed by atoms with Gasteiger partial charge < -0.3 is 9.47 Å². The number of amides is 1. The van der Waals surface area contributed by atoms with E-state index in [4.69, 9.17) is 9.47 Å². The van der Waals surface area contributed by atoms with E-state index in [-0.39, 0.29) is 17.6 Å². The molecular weight excluding hydrogens is 292 g/mol. The van der Waals surface area contributed by atoms with Crippen LogP contribution in [0.3, 0.4) is 0 Å². The van der Waals surface area contributed by atoms with Crippen molar-refractivity contribution in [3.05, 3.63) is 0 Å². The lowest BCUT2D eigenvalue weighted by Crippen LogP contribution is -2.31. The second-order valence-electron chi connectivity index (χ2n) is 4.03. The van der Waals surface area contributed by atoms with Crippen molar-refractivity contribution in [2.75, 3.05) is 11.9 Å². The normalized spacial score (nSPS) is 11.9. The summed E-state index contributed by atoms with van der Waals surface area (Å²) < 4.78 is 9.68. The van der Waals surface area contributed by atoms with E-state index in [0.717, 1.165) is 0 Å². The van der Waals surface area contributed by atoms with E-state index < -0.39 is 17.7 Å². The molecule has 0 atom stereocenters. The van der Waals surface area contributed by atoms with Gasteiger partial charge in [-0.2, -0.15) is 5.10 Å². The summed E-state index contributed by atoms with van der Waals surface area (Å²) in [5.41, 5.74) is 1.58. The smallest absolute Gasteiger partial charge is 0.428 e. The molecule has 0 radical (unpaired) electrons. The molecule has 0 bridgehead atoms. The van der Waals surface area contributed by atoms with Crippen LogP contribution < -0.4 is 5.43 Å². The molecule has 6 nitrogen and oxygen atoms in total. The molecule has 0 spiro atoms. The Kier molecular flexibility index (Phi) is 6.79. The highest BCUT2D eigenvalue weighted by molar-refractivity contribution is 9.09. The maximum Gasteiger partial charge on any atom is 0.428 e. The predicted molar refractivity (Wildman–Crippen MR) is 67.2 cm³/mol. The van der Waals surface area contributed by atoms with E-state index in [1.165, 1.54) is 0 Å². The molecule has 1 N–H and O–H groups in total. The van der Waals surface area contributed by atoms with Crippen LogP contribution in [0, 0.1) is 0 Å². The lowest BCUT2D eigenvalue weighted by Gasteiger charge is -2.18. The third-order valence-electron chi connectivity index (χ3n) is 1.32. The maximum absolute atomic E-state index is 11.3. The Morgan fingerprint density at radius 1 is 1.35 bits per heavy atom. The zero-order valence-electron chi connectivity index (χ0n) is 10.4. The number of hydrogen-bond acceptors (Lipinski definition) is 5. The van der Waals surface area contributed by atoms with Crippen molar-refractivity contribution in [1.29, 1.82) is 0 Å². The second-order valence-corrected chi connectivity index (χ2v) is 4.59. The molecule has 0 unspecified atom stereocenters. The van der Waals surface area contributed by atoms with Gasteiger partial charge in [0.05, 0.1) is 11.9 Å². The molecule has 98 valence electrons. The van der Waals surface area contributed by atoms with Gasteiger partial charge in [-0.05, 0) is 27.7 Å². The number of ether oxygens (including phenoxy) is 2. The minimum absolute atomic E-state index is 0.0673. The summed E-state index contributed by atoms with van der Waals surface area (Å²) in [4.78, 5) is 22.5. The number of hydrogen-bond donors (Lipinski definition) is 1. The summed E-state index contributed by atoms with van der Waals surface area (Å²) in [6.45, 7) is 7.12. The highest BCUT2D eigenvalue weighted by Gasteiger charge is 2.17. The number of carbonyl (C=O) groups is 2. The van der Waals surface area contributed by atoms with Crippen LogP contribution in [0.1, 0.15) is 27.7 Å². The van der Waals surface area contributed by atoms with Gasteiger partial charge >= 0.3 is 12.1 Å². The third-order valence-corrected chi connectivity index (χ3v) is 1.85. The maximum atomic E-state index is 11.3. The van der Waals surface area contributed by atoms with Gasteiger partial charge in [-0.15, -0.1) is 0 Å². The first-order chi connectivity index (χ1) is 7.80. The third kappa shape index (κ3) is 7.73. The largest absolute Gasteiger partial charge is 0.461 e. The Balaban J connectivity index is 4.37. The van der Waals surface area contributed by atoms with E-state index in [1.807, 2.05) is 0 Å². The standard InChI is InChI=1S/C10H17BrN2O4/c1-5-16-8(14)7(6-11)12-13-9(15)17-10(2,3)4/h5-6H2,1-4H3,(H,13,15)/b12-7-. The predicted octanol–water partition coefficient (Wildman–Crippen LogP) is 1.83. The molecule has 0 fully saturated rings. The van der Waals surface area contributed by atoms with E-state index in [1.54, 1.807) is 27.7 Å². The molecule has 0 aliphatic carbocycles. The topological polar surface area (TPSA) is 77.0 Å². The van der Waals surface area contributed by atoms with Crippen molar-refractivity contribution >= 4 is 33.7 Å². The number of nitrogens with one attached hydrogen (secondary N) is 1. The minimum atomic E-state index is -0.722. The molecule has 0 rings (SSSR count). The summed E-state index contributed by atoms with van der Waals surface area (Å²) >= 11 is 3.07. The molecule has 0 aromatic carbocycles. The summed E-state index contributed by atoms with van der Waals surface area (Å²) in [5, 5.41) is 3.80. The second kappa shape index (κ2) is 7.26. The Bertz CT molecular complexity index is 310. The molecule has 0 aliphatic rings. The van der Waals surface area contributed by atoms with E-state index in [9.17, 15) is 9.59 Å². The van der Waals surface area contributed by atoms with Crippen LogP contribution in [0.2, 0.25) is 0 Å². The summed E-state index contributed by atoms with van der Waals surface area (Å²) in [5.74, 6) is -0.583. The van der Waals surface area contributed by atoms with Gasteiger partial charge in [0.15, 0.2) is 5.71 Å². The SMILES string of the molecule is CCOC(=O)/C(CBr)=N\NC(=O)OC(C)(C)C. The Hall–Kier alpha value is -1.11. The van der Waals surface area contributed by atoms with Gasteiger partial charge in [-0.1, -0.05) is 15.9 Å². The summed E-state index contributed by atoms with van der Waals surface area (Å²) in [7, 11) is 0. The van der Waals surface area contributed by atoms with Crippen LogP contribution in [-0.4, -0.2) is 35.3 Å². The fourth-order valence-electron chi connectivity index (χ4n) is 0.759. The van der Waals surface area contributed by atoms with Crippen LogP contribution in [0.25, 0.3) is 0 Å². The molecule has 17 heavy (non-hydrogen) atoms. The van der Waals surface area contributed by atoms with Gasteiger partial charge in [0.1, 0.15) is 5.60 Å². The first-order valence-corrected chi connectivity index (χ1v) is 6.21. The molecule has 0 saturated carbocycles. The molecule has 7 heteroatoms. The zero-order valence-corrected chi connectivity index (χ0v) is 12.0. The van der Waals surface area contributed by atoms with Crippen LogP contribution in [0.5, 0.6) is 0 Å². The molecule has 0 aliphatic heterocycles. The molecule has 0 saturated heterocycles. The molecule has 0 heterocycles. The molecule has 0 aromatic rings. The number of esters is 1. The van der Waals surface area contributed by atoms with E-state index in [0.29, 0.717) is 0 Å². The number of alkyl halides is 1. The highest BCUT2D eigenvalue weighted by atomic mass is 79.9. The first-order valence-electron chi connectivity index (χ1n) is 5.08. The Morgan fingerprint density at radius 3 is 2.35 bits per heavy atom. The van der Waals surface area contributed by atoms with Crippen molar-refractivity contribution < 1.29 is 19.1 Å². The van der Waals surface area contributed by atoms with Crippen LogP contribution >= 0.6 is 15.9 Å². The minimum Gasteiger partial charge on any atom is -0.461 e. The van der Waals surface area contributed by atoms with Gasteiger partial charge in [0, 0.05) is 0 Å². The van der Waals surface area contributed by atoms with Crippen LogP contribution in [0.15, 0.2) is 5.10 Å². The lowest BCUT2D eigenvalue weighted by molar-refractivity contribution is -0.135. The Labute approximate surface area is 109 Å². The lowest BCUT2D eigenvalue weighted by atomic mass is 10.2. The zero-order chi connectivity index (χ0) is 13.5. The van der Waals surface area contributed by atoms with Crippen molar-refractivity contribution in [1.82, 2.24) is 5.43 Å². The fourth-order valence-corrected chi connectivity index (χ4v) is 1.11. The number of carbonyl (C=O) groups excluding carboxylic acids is 2. The molecular formula is C10H17BrN2O4. The highest BCUT2D eigenvalue weighted by Crippen LogP contribution is 2.06. The number of halogens is 1. The van der Waals surface area contributed by atoms with Crippen molar-refractivity contribution in [2.24, 2.45) is 5.10 Å². The monoisotopic (exact) mass is 308 g/mol. The van der Waals surface area contributed by atoms with Gasteiger partial charge in [0.25, 0.3) is 0 Å². The van der Waals surface area contributed by atoms with Crippen LogP contribution in [-0.2, 0) is 14.3 Å². The van der Waals surface area contributed by atoms with Crippen molar-refractivity contribution in [3.8, 4) is 0 Å². The van der Waals surface area contributed by atoms with E-state index in [2.05, 4.69) is 26.5 Å². The van der Waals surface area contributed by atoms with Crippen molar-refractivity contribution in [3.63, 3.8) is 0 Å².